The molecule has 37 heavy (non-hydrogen) atoms. The fourth-order valence-electron chi connectivity index (χ4n) is 4.89. The van der Waals surface area contributed by atoms with Crippen molar-refractivity contribution >= 4 is 11.9 Å². The van der Waals surface area contributed by atoms with Gasteiger partial charge in [-0.15, -0.1) is 0 Å². The number of hydrogen-bond donors (Lipinski definition) is 1. The lowest BCUT2D eigenvalue weighted by Gasteiger charge is -2.05. The molecule has 0 aliphatic heterocycles. The third-order valence-corrected chi connectivity index (χ3v) is 7.26. The van der Waals surface area contributed by atoms with E-state index >= 15 is 0 Å². The summed E-state index contributed by atoms with van der Waals surface area (Å²) in [6, 6.07) is 9.87. The summed E-state index contributed by atoms with van der Waals surface area (Å²) >= 11 is 0. The van der Waals surface area contributed by atoms with Gasteiger partial charge in [-0.2, -0.15) is 0 Å². The van der Waals surface area contributed by atoms with Gasteiger partial charge in [0.25, 0.3) is 0 Å². The van der Waals surface area contributed by atoms with Gasteiger partial charge in [0, 0.05) is 12.8 Å². The van der Waals surface area contributed by atoms with E-state index < -0.39 is 5.97 Å². The maximum Gasteiger partial charge on any atom is 0.306 e. The zero-order valence-corrected chi connectivity index (χ0v) is 23.7. The van der Waals surface area contributed by atoms with Crippen LogP contribution in [0.5, 0.6) is 0 Å². The monoisotopic (exact) mass is 516 g/mol. The van der Waals surface area contributed by atoms with Crippen LogP contribution in [0.4, 0.5) is 0 Å². The summed E-state index contributed by atoms with van der Waals surface area (Å²) in [7, 11) is 0. The molecule has 212 valence electrons. The average molecular weight is 517 g/mol. The van der Waals surface area contributed by atoms with Gasteiger partial charge in [-0.1, -0.05) is 159 Å². The summed E-state index contributed by atoms with van der Waals surface area (Å²) in [5.41, 5.74) is 1.05. The largest absolute Gasteiger partial charge is 0.481 e. The van der Waals surface area contributed by atoms with Gasteiger partial charge in [0.15, 0.2) is 0 Å². The number of rotatable bonds is 27. The Morgan fingerprint density at radius 2 is 0.811 bits per heavy atom. The van der Waals surface area contributed by atoms with Crippen molar-refractivity contribution in [3.63, 3.8) is 0 Å². The molecule has 0 saturated heterocycles. The van der Waals surface area contributed by atoms with Gasteiger partial charge in [0.1, 0.15) is 6.61 Å². The standard InChI is InChI=1S/C33H56O4/c34-32(35)28-24-19-17-15-13-11-9-7-5-3-1-2-4-6-8-10-12-14-16-18-20-25-29-33(36)37-30-31-26-22-21-23-27-31/h21-23,26-27H,1-20,24-25,28-30H2,(H,34,35). The second kappa shape index (κ2) is 25.8. The molecule has 4 nitrogen and oxygen atoms in total. The van der Waals surface area contributed by atoms with Gasteiger partial charge in [-0.3, -0.25) is 9.59 Å². The van der Waals surface area contributed by atoms with Crippen LogP contribution in [0, 0.1) is 0 Å². The minimum absolute atomic E-state index is 0.0708. The van der Waals surface area contributed by atoms with Crippen LogP contribution in [0.15, 0.2) is 30.3 Å². The smallest absolute Gasteiger partial charge is 0.306 e. The Labute approximate surface area is 228 Å². The number of aliphatic carboxylic acids is 1. The highest BCUT2D eigenvalue weighted by Crippen LogP contribution is 2.16. The number of ether oxygens (including phenoxy) is 1. The Bertz CT molecular complexity index is 643. The Kier molecular flexibility index (Phi) is 23.1. The van der Waals surface area contributed by atoms with Crippen LogP contribution in [-0.4, -0.2) is 17.0 Å². The second-order valence-electron chi connectivity index (χ2n) is 10.8. The second-order valence-corrected chi connectivity index (χ2v) is 10.8. The Morgan fingerprint density at radius 1 is 0.486 bits per heavy atom. The summed E-state index contributed by atoms with van der Waals surface area (Å²) in [5.74, 6) is -0.731. The molecule has 0 radical (unpaired) electrons. The first-order valence-electron chi connectivity index (χ1n) is 15.6. The molecule has 0 aromatic heterocycles. The highest BCUT2D eigenvalue weighted by molar-refractivity contribution is 5.69. The van der Waals surface area contributed by atoms with E-state index in [4.69, 9.17) is 9.84 Å². The number of benzene rings is 1. The minimum Gasteiger partial charge on any atom is -0.481 e. The van der Waals surface area contributed by atoms with Crippen molar-refractivity contribution < 1.29 is 19.4 Å². The van der Waals surface area contributed by atoms with E-state index in [-0.39, 0.29) is 5.97 Å². The van der Waals surface area contributed by atoms with Gasteiger partial charge in [0.2, 0.25) is 0 Å². The first kappa shape index (κ1) is 33.2. The SMILES string of the molecule is O=C(O)CCCCCCCCCCCCCCCCCCCCCCCCC(=O)OCc1ccccc1. The molecular weight excluding hydrogens is 460 g/mol. The molecule has 1 aromatic carbocycles. The van der Waals surface area contributed by atoms with E-state index in [2.05, 4.69) is 0 Å². The molecule has 0 saturated carbocycles. The summed E-state index contributed by atoms with van der Waals surface area (Å²) in [5, 5.41) is 8.62. The van der Waals surface area contributed by atoms with Crippen molar-refractivity contribution in [2.45, 2.75) is 161 Å². The molecule has 4 heteroatoms. The molecule has 0 aliphatic carbocycles. The number of carboxylic acids is 1. The maximum atomic E-state index is 11.8. The van der Waals surface area contributed by atoms with Gasteiger partial charge in [-0.05, 0) is 18.4 Å². The molecule has 1 N–H and O–H groups in total. The van der Waals surface area contributed by atoms with Gasteiger partial charge < -0.3 is 9.84 Å². The molecule has 0 atom stereocenters. The van der Waals surface area contributed by atoms with Crippen LogP contribution in [0.3, 0.4) is 0 Å². The Hall–Kier alpha value is -1.84. The van der Waals surface area contributed by atoms with Crippen molar-refractivity contribution in [2.24, 2.45) is 0 Å². The first-order chi connectivity index (χ1) is 18.2. The van der Waals surface area contributed by atoms with Crippen molar-refractivity contribution in [2.75, 3.05) is 0 Å². The van der Waals surface area contributed by atoms with E-state index in [0.29, 0.717) is 19.4 Å². The van der Waals surface area contributed by atoms with E-state index in [9.17, 15) is 9.59 Å². The highest BCUT2D eigenvalue weighted by atomic mass is 16.5. The van der Waals surface area contributed by atoms with Crippen LogP contribution < -0.4 is 0 Å². The van der Waals surface area contributed by atoms with Crippen LogP contribution in [0.25, 0.3) is 0 Å². The zero-order chi connectivity index (χ0) is 26.7. The molecular formula is C33H56O4. The predicted octanol–water partition coefficient (Wildman–Crippen LogP) is 10.2. The number of carbonyl (C=O) groups is 2. The summed E-state index contributed by atoms with van der Waals surface area (Å²) in [6.45, 7) is 0.390. The third-order valence-electron chi connectivity index (χ3n) is 7.26. The summed E-state index contributed by atoms with van der Waals surface area (Å²) in [4.78, 5) is 22.3. The molecule has 0 bridgehead atoms. The van der Waals surface area contributed by atoms with Crippen LogP contribution in [0.2, 0.25) is 0 Å². The average Bonchev–Trinajstić information content (AvgIpc) is 2.90. The lowest BCUT2D eigenvalue weighted by Crippen LogP contribution is -2.04. The number of hydrogen-bond acceptors (Lipinski definition) is 3. The molecule has 0 spiro atoms. The van der Waals surface area contributed by atoms with E-state index in [1.165, 1.54) is 116 Å². The highest BCUT2D eigenvalue weighted by Gasteiger charge is 2.03. The van der Waals surface area contributed by atoms with Crippen molar-refractivity contribution in [3.8, 4) is 0 Å². The normalized spacial score (nSPS) is 11.0. The van der Waals surface area contributed by atoms with Crippen LogP contribution >= 0.6 is 0 Å². The van der Waals surface area contributed by atoms with Crippen LogP contribution in [-0.2, 0) is 20.9 Å². The minimum atomic E-state index is -0.660. The van der Waals surface area contributed by atoms with Gasteiger partial charge in [-0.25, -0.2) is 0 Å². The lowest BCUT2D eigenvalue weighted by molar-refractivity contribution is -0.145. The fraction of sp³-hybridized carbons (Fsp3) is 0.758. The molecule has 0 unspecified atom stereocenters. The number of carboxylic acid groups (broad SMARTS) is 1. The van der Waals surface area contributed by atoms with Crippen molar-refractivity contribution in [1.29, 1.82) is 0 Å². The number of carbonyl (C=O) groups excluding carboxylic acids is 1. The molecule has 0 heterocycles. The lowest BCUT2D eigenvalue weighted by atomic mass is 10.0. The van der Waals surface area contributed by atoms with Gasteiger partial charge in [0.05, 0.1) is 0 Å². The van der Waals surface area contributed by atoms with Crippen LogP contribution in [0.1, 0.15) is 160 Å². The Morgan fingerprint density at radius 3 is 1.16 bits per heavy atom. The molecule has 1 aromatic rings. The third kappa shape index (κ3) is 24.3. The van der Waals surface area contributed by atoms with Crippen molar-refractivity contribution in [3.05, 3.63) is 35.9 Å². The zero-order valence-electron chi connectivity index (χ0n) is 23.7. The summed E-state index contributed by atoms with van der Waals surface area (Å²) < 4.78 is 5.33. The van der Waals surface area contributed by atoms with Gasteiger partial charge >= 0.3 is 11.9 Å². The molecule has 0 aliphatic rings. The summed E-state index contributed by atoms with van der Waals surface area (Å²) in [6.07, 6.45) is 29.2. The Balaban J connectivity index is 1.68. The van der Waals surface area contributed by atoms with Crippen molar-refractivity contribution in [1.82, 2.24) is 0 Å². The number of unbranched alkanes of at least 4 members (excludes halogenated alkanes) is 21. The maximum absolute atomic E-state index is 11.8. The quantitative estimate of drug-likeness (QED) is 0.0933. The topological polar surface area (TPSA) is 63.6 Å². The first-order valence-corrected chi connectivity index (χ1v) is 15.6. The number of esters is 1. The predicted molar refractivity (Wildman–Crippen MR) is 155 cm³/mol. The molecule has 1 rings (SSSR count). The van der Waals surface area contributed by atoms with E-state index in [0.717, 1.165) is 31.2 Å². The molecule has 0 fully saturated rings. The molecule has 0 amide bonds. The van der Waals surface area contributed by atoms with E-state index in [1.54, 1.807) is 0 Å². The van der Waals surface area contributed by atoms with E-state index in [1.807, 2.05) is 30.3 Å². The fourth-order valence-corrected chi connectivity index (χ4v) is 4.89.